The van der Waals surface area contributed by atoms with E-state index in [4.69, 9.17) is 25.7 Å². The standard InChI is InChI=1S/C30H29N3O5.C17H19N3O5.Na/c1-30(2)17-23-24(21(18-37-29(31)36)22-15-9-10-16-32-22)27(34)33(23)26(30)28(35)38-25(19-11-5-3-6-12-19)20-13-7-4-8-14-20;1-17(2)7-11-12(14(21)20(11)13(17)15(22)23)9(8-25-16(18)24)10-5-3-4-6-19-10;/h3-16,23,25-26H,17-18H2,1-2H3,(H2,31,36);3-6,11,13H,7-8H2,1-2H3,(H2,18,24)(H,22,23);/q;;+1/p-1/b24-21+;12-9+;/t23?,26-;11?,13-;/m00./s1. The Morgan fingerprint density at radius 3 is 1.42 bits per heavy atom. The van der Waals surface area contributed by atoms with Gasteiger partial charge < -0.3 is 45.4 Å². The molecule has 2 aromatic carbocycles. The number of carbonyl (C=O) groups is 6. The van der Waals surface area contributed by atoms with Gasteiger partial charge in [0.2, 0.25) is 0 Å². The van der Waals surface area contributed by atoms with Gasteiger partial charge in [-0.25, -0.2) is 14.4 Å². The van der Waals surface area contributed by atoms with Crippen LogP contribution >= 0.6 is 0 Å². The zero-order chi connectivity index (χ0) is 45.2. The van der Waals surface area contributed by atoms with Gasteiger partial charge in [-0.3, -0.25) is 19.6 Å². The molecule has 4 fully saturated rings. The van der Waals surface area contributed by atoms with E-state index in [1.165, 1.54) is 4.90 Å². The third-order valence-electron chi connectivity index (χ3n) is 11.9. The molecular weight excluding hydrogens is 832 g/mol. The van der Waals surface area contributed by atoms with Gasteiger partial charge in [0.15, 0.2) is 6.10 Å². The van der Waals surface area contributed by atoms with Crippen molar-refractivity contribution in [3.8, 4) is 0 Å². The van der Waals surface area contributed by atoms with Crippen molar-refractivity contribution in [2.45, 2.75) is 70.8 Å². The summed E-state index contributed by atoms with van der Waals surface area (Å²) in [7, 11) is 0. The van der Waals surface area contributed by atoms with Gasteiger partial charge in [0, 0.05) is 34.7 Å². The van der Waals surface area contributed by atoms with Crippen LogP contribution in [-0.2, 0) is 33.4 Å². The molecule has 0 bridgehead atoms. The zero-order valence-electron chi connectivity index (χ0n) is 36.1. The quantitative estimate of drug-likeness (QED) is 0.0705. The number of hydrogen-bond acceptors (Lipinski definition) is 12. The second-order valence-corrected chi connectivity index (χ2v) is 17.0. The molecule has 2 aromatic heterocycles. The SMILES string of the molecule is CC1(C)CC2/C(=C(/COC(N)=O)c3ccccn3)C(=O)N2[C@H]1C(=O)OC(c1ccccc1)c1ccccc1.CC1(C)CC2/C(=C(/COC(N)=O)c3ccccn3)C(=O)N2[C@H]1C(=O)[O-].[Na+]. The van der Waals surface area contributed by atoms with E-state index in [0.29, 0.717) is 46.5 Å². The van der Waals surface area contributed by atoms with Crippen molar-refractivity contribution >= 4 is 47.1 Å². The van der Waals surface area contributed by atoms with Gasteiger partial charge in [-0.1, -0.05) is 100 Å². The monoisotopic (exact) mass is 878 g/mol. The fourth-order valence-electron chi connectivity index (χ4n) is 9.20. The van der Waals surface area contributed by atoms with E-state index >= 15 is 0 Å². The summed E-state index contributed by atoms with van der Waals surface area (Å²) in [5.74, 6) is -2.44. The summed E-state index contributed by atoms with van der Waals surface area (Å²) in [6.45, 7) is 7.12. The fourth-order valence-corrected chi connectivity index (χ4v) is 9.20. The summed E-state index contributed by atoms with van der Waals surface area (Å²) < 4.78 is 16.1. The molecule has 2 unspecified atom stereocenters. The van der Waals surface area contributed by atoms with Crippen LogP contribution in [0.2, 0.25) is 0 Å². The van der Waals surface area contributed by atoms with E-state index in [2.05, 4.69) is 9.97 Å². The minimum absolute atomic E-state index is 0. The van der Waals surface area contributed by atoms with Crippen molar-refractivity contribution < 1.29 is 77.6 Å². The predicted molar refractivity (Wildman–Crippen MR) is 225 cm³/mol. The van der Waals surface area contributed by atoms with Crippen molar-refractivity contribution in [3.05, 3.63) is 143 Å². The van der Waals surface area contributed by atoms with Crippen LogP contribution in [0.1, 0.15) is 69.2 Å². The van der Waals surface area contributed by atoms with Crippen LogP contribution in [0.25, 0.3) is 11.1 Å². The average molecular weight is 879 g/mol. The maximum atomic E-state index is 13.8. The number of β-lactam (4-membered cyclic amide) rings is 2. The molecular formula is C47H47N6NaO10. The number of aromatic nitrogens is 2. The number of nitrogens with two attached hydrogens (primary N) is 2. The van der Waals surface area contributed by atoms with Gasteiger partial charge in [0.05, 0.1) is 35.5 Å². The molecule has 16 nitrogen and oxygen atoms in total. The van der Waals surface area contributed by atoms with Gasteiger partial charge in [-0.2, -0.15) is 0 Å². The number of primary amides is 2. The number of hydrogen-bond donors (Lipinski definition) is 2. The molecule has 4 saturated heterocycles. The van der Waals surface area contributed by atoms with E-state index in [9.17, 15) is 33.9 Å². The van der Waals surface area contributed by atoms with Gasteiger partial charge in [-0.05, 0) is 59.1 Å². The van der Waals surface area contributed by atoms with Crippen molar-refractivity contribution in [1.82, 2.24) is 19.8 Å². The van der Waals surface area contributed by atoms with Gasteiger partial charge in [0.25, 0.3) is 11.8 Å². The van der Waals surface area contributed by atoms with Crippen molar-refractivity contribution in [2.24, 2.45) is 22.3 Å². The third kappa shape index (κ3) is 9.30. The summed E-state index contributed by atoms with van der Waals surface area (Å²) in [5, 5.41) is 11.5. The molecule has 4 aliphatic heterocycles. The molecule has 4 aromatic rings. The number of carboxylic acid groups (broad SMARTS) is 1. The molecule has 64 heavy (non-hydrogen) atoms. The van der Waals surface area contributed by atoms with Gasteiger partial charge in [0.1, 0.15) is 19.3 Å². The van der Waals surface area contributed by atoms with Crippen LogP contribution in [0.15, 0.2) is 121 Å². The minimum atomic E-state index is -1.27. The predicted octanol–water partition coefficient (Wildman–Crippen LogP) is 0.966. The average Bonchev–Trinajstić information content (AvgIpc) is 3.67. The molecule has 4 aliphatic rings. The molecule has 4 N–H and O–H groups in total. The summed E-state index contributed by atoms with van der Waals surface area (Å²) in [5.41, 5.74) is 13.6. The second kappa shape index (κ2) is 19.2. The number of benzene rings is 2. The number of carboxylic acids is 1. The Hall–Kier alpha value is -6.36. The number of nitrogens with zero attached hydrogens (tertiary/aromatic N) is 4. The molecule has 8 rings (SSSR count). The number of carbonyl (C=O) groups excluding carboxylic acids is 6. The van der Waals surface area contributed by atoms with E-state index < -0.39 is 59.0 Å². The molecule has 0 radical (unpaired) electrons. The summed E-state index contributed by atoms with van der Waals surface area (Å²) in [4.78, 5) is 85.4. The molecule has 17 heteroatoms. The van der Waals surface area contributed by atoms with Gasteiger partial charge in [-0.15, -0.1) is 0 Å². The van der Waals surface area contributed by atoms with Crippen LogP contribution in [0.4, 0.5) is 9.59 Å². The Labute approximate surface area is 391 Å². The molecule has 0 aliphatic carbocycles. The van der Waals surface area contributed by atoms with Crippen LogP contribution in [0.5, 0.6) is 0 Å². The normalized spacial score (nSPS) is 22.5. The van der Waals surface area contributed by atoms with Crippen LogP contribution in [0, 0.1) is 10.8 Å². The number of esters is 1. The molecule has 0 spiro atoms. The Morgan fingerprint density at radius 1 is 0.656 bits per heavy atom. The number of aliphatic carboxylic acids is 1. The largest absolute Gasteiger partial charge is 1.00 e. The first-order valence-corrected chi connectivity index (χ1v) is 20.3. The van der Waals surface area contributed by atoms with Crippen molar-refractivity contribution in [1.29, 1.82) is 0 Å². The number of amides is 4. The number of fused-ring (bicyclic) bond motifs is 2. The second-order valence-electron chi connectivity index (χ2n) is 17.0. The topological polar surface area (TPSA) is 237 Å². The van der Waals surface area contributed by atoms with E-state index in [1.807, 2.05) is 74.5 Å². The fraction of sp³-hybridized carbons (Fsp3) is 0.319. The van der Waals surface area contributed by atoms with E-state index in [1.54, 1.807) is 67.5 Å². The number of ether oxygens (including phenoxy) is 3. The number of pyridine rings is 2. The zero-order valence-corrected chi connectivity index (χ0v) is 38.1. The minimum Gasteiger partial charge on any atom is -0.548 e. The Kier molecular flexibility index (Phi) is 14.1. The van der Waals surface area contributed by atoms with Gasteiger partial charge >= 0.3 is 47.7 Å². The molecule has 0 saturated carbocycles. The van der Waals surface area contributed by atoms with Crippen molar-refractivity contribution in [2.75, 3.05) is 13.2 Å². The first kappa shape index (κ1) is 47.1. The summed E-state index contributed by atoms with van der Waals surface area (Å²) >= 11 is 0. The Bertz CT molecular complexity index is 2440. The van der Waals surface area contributed by atoms with Crippen LogP contribution in [-0.4, -0.2) is 93.1 Å². The first-order chi connectivity index (χ1) is 30.0. The van der Waals surface area contributed by atoms with Crippen LogP contribution in [0.3, 0.4) is 0 Å². The summed E-state index contributed by atoms with van der Waals surface area (Å²) in [6.07, 6.45) is 1.67. The number of rotatable bonds is 11. The molecule has 6 heterocycles. The van der Waals surface area contributed by atoms with E-state index in [-0.39, 0.29) is 60.8 Å². The Morgan fingerprint density at radius 2 is 1.05 bits per heavy atom. The van der Waals surface area contributed by atoms with E-state index in [0.717, 1.165) is 11.1 Å². The maximum Gasteiger partial charge on any atom is 1.00 e. The van der Waals surface area contributed by atoms with Crippen molar-refractivity contribution in [3.63, 3.8) is 0 Å². The third-order valence-corrected chi connectivity index (χ3v) is 11.9. The first-order valence-electron chi connectivity index (χ1n) is 20.3. The van der Waals surface area contributed by atoms with Crippen LogP contribution < -0.4 is 46.1 Å². The summed E-state index contributed by atoms with van der Waals surface area (Å²) in [6, 6.07) is 27.1. The maximum absolute atomic E-state index is 13.8. The molecule has 4 atom stereocenters. The smallest absolute Gasteiger partial charge is 0.548 e. The molecule has 4 amide bonds. The Balaban J connectivity index is 0.000000227. The molecule has 326 valence electrons.